The maximum absolute atomic E-state index is 11.1. The summed E-state index contributed by atoms with van der Waals surface area (Å²) in [6.45, 7) is 2.16. The SMILES string of the molecule is CNC[C@@H]1CC[C@@H](N)[C@@H](O[C@@H]2[C@H](O)[C@@H](O[C@H]3OC[C@](C)(O)[C@H](NC)[C@H]3O)[C@H](N)C[C@@H]2N)O1. The van der Waals surface area contributed by atoms with Gasteiger partial charge in [0.1, 0.15) is 30.0 Å². The number of hydrogen-bond acceptors (Lipinski definition) is 12. The van der Waals surface area contributed by atoms with E-state index in [-0.39, 0.29) is 18.8 Å². The van der Waals surface area contributed by atoms with Gasteiger partial charge in [0, 0.05) is 18.6 Å². The van der Waals surface area contributed by atoms with E-state index in [1.54, 1.807) is 14.0 Å². The molecule has 0 spiro atoms. The largest absolute Gasteiger partial charge is 0.388 e. The Morgan fingerprint density at radius 1 is 0.969 bits per heavy atom. The van der Waals surface area contributed by atoms with Gasteiger partial charge in [0.2, 0.25) is 0 Å². The molecule has 12 heteroatoms. The molecule has 3 rings (SSSR count). The quantitative estimate of drug-likeness (QED) is 0.184. The van der Waals surface area contributed by atoms with Crippen molar-refractivity contribution in [2.24, 2.45) is 17.2 Å². The third-order valence-corrected chi connectivity index (χ3v) is 6.72. The van der Waals surface area contributed by atoms with Gasteiger partial charge in [-0.2, -0.15) is 0 Å². The molecular formula is C20H41N5O7. The summed E-state index contributed by atoms with van der Waals surface area (Å²) in [6, 6.07) is -2.20. The highest BCUT2D eigenvalue weighted by Gasteiger charge is 2.50. The van der Waals surface area contributed by atoms with Crippen LogP contribution in [0.1, 0.15) is 26.2 Å². The molecule has 0 bridgehead atoms. The zero-order valence-electron chi connectivity index (χ0n) is 19.1. The average molecular weight is 464 g/mol. The highest BCUT2D eigenvalue weighted by molar-refractivity contribution is 5.01. The summed E-state index contributed by atoms with van der Waals surface area (Å²) in [6.07, 6.45) is -4.12. The highest BCUT2D eigenvalue weighted by atomic mass is 16.7. The molecule has 3 fully saturated rings. The number of aliphatic hydroxyl groups excluding tert-OH is 2. The van der Waals surface area contributed by atoms with E-state index in [9.17, 15) is 15.3 Å². The number of nitrogens with two attached hydrogens (primary N) is 3. The molecule has 11 N–H and O–H groups in total. The lowest BCUT2D eigenvalue weighted by molar-refractivity contribution is -0.306. The maximum atomic E-state index is 11.1. The summed E-state index contributed by atoms with van der Waals surface area (Å²) >= 11 is 0. The van der Waals surface area contributed by atoms with E-state index in [0.717, 1.165) is 12.8 Å². The second-order valence-electron chi connectivity index (χ2n) is 9.47. The van der Waals surface area contributed by atoms with Gasteiger partial charge in [-0.05, 0) is 40.3 Å². The molecule has 0 aromatic rings. The Labute approximate surface area is 189 Å². The van der Waals surface area contributed by atoms with Gasteiger partial charge in [-0.1, -0.05) is 0 Å². The van der Waals surface area contributed by atoms with Crippen molar-refractivity contribution in [3.05, 3.63) is 0 Å². The molecule has 2 heterocycles. The summed E-state index contributed by atoms with van der Waals surface area (Å²) in [5.74, 6) is 0. The Morgan fingerprint density at radius 2 is 1.59 bits per heavy atom. The summed E-state index contributed by atoms with van der Waals surface area (Å²) in [5, 5.41) is 38.1. The van der Waals surface area contributed by atoms with Crippen LogP contribution in [0.25, 0.3) is 0 Å². The topological polar surface area (TPSA) is 200 Å². The number of ether oxygens (including phenoxy) is 4. The molecular weight excluding hydrogens is 422 g/mol. The molecule has 12 atom stereocenters. The predicted molar refractivity (Wildman–Crippen MR) is 115 cm³/mol. The minimum absolute atomic E-state index is 0.0480. The number of likely N-dealkylation sites (N-methyl/N-ethyl adjacent to an activating group) is 2. The summed E-state index contributed by atoms with van der Waals surface area (Å²) in [7, 11) is 3.47. The van der Waals surface area contributed by atoms with Crippen molar-refractivity contribution in [2.45, 2.75) is 99.1 Å². The minimum Gasteiger partial charge on any atom is -0.388 e. The fourth-order valence-corrected chi connectivity index (χ4v) is 4.90. The second kappa shape index (κ2) is 10.8. The Hall–Kier alpha value is -0.480. The first kappa shape index (κ1) is 26.1. The van der Waals surface area contributed by atoms with Gasteiger partial charge < -0.3 is 62.1 Å². The fraction of sp³-hybridized carbons (Fsp3) is 1.00. The van der Waals surface area contributed by atoms with Gasteiger partial charge in [0.25, 0.3) is 0 Å². The van der Waals surface area contributed by atoms with E-state index in [1.165, 1.54) is 0 Å². The van der Waals surface area contributed by atoms with Crippen molar-refractivity contribution in [3.8, 4) is 0 Å². The molecule has 0 radical (unpaired) electrons. The van der Waals surface area contributed by atoms with E-state index in [0.29, 0.717) is 13.0 Å². The second-order valence-corrected chi connectivity index (χ2v) is 9.47. The van der Waals surface area contributed by atoms with E-state index in [1.807, 2.05) is 7.05 Å². The Morgan fingerprint density at radius 3 is 2.19 bits per heavy atom. The van der Waals surface area contributed by atoms with Crippen LogP contribution in [0, 0.1) is 0 Å². The summed E-state index contributed by atoms with van der Waals surface area (Å²) in [5.41, 5.74) is 17.4. The van der Waals surface area contributed by atoms with Crippen LogP contribution in [-0.4, -0.2) is 115 Å². The van der Waals surface area contributed by atoms with Crippen LogP contribution >= 0.6 is 0 Å². The van der Waals surface area contributed by atoms with Crippen LogP contribution in [0.5, 0.6) is 0 Å². The standard InChI is InChI=1S/C20H41N5O7/c1-20(28)8-29-19(14(27)17(20)25-3)32-16-12(23)6-11(22)15(13(16)26)31-18-10(21)5-4-9(30-18)7-24-2/h9-19,24-28H,4-8,21-23H2,1-3H3/t9-,10+,11-,12+,13-,14+,15-,16-,17+,18+,19+,20-/m0/s1. The van der Waals surface area contributed by atoms with Gasteiger partial charge in [-0.15, -0.1) is 0 Å². The van der Waals surface area contributed by atoms with Crippen LogP contribution in [0.15, 0.2) is 0 Å². The first-order valence-electron chi connectivity index (χ1n) is 11.3. The zero-order chi connectivity index (χ0) is 23.6. The van der Waals surface area contributed by atoms with Crippen molar-refractivity contribution in [1.29, 1.82) is 0 Å². The number of nitrogens with one attached hydrogen (secondary N) is 2. The molecule has 1 aliphatic carbocycles. The molecule has 2 aliphatic heterocycles. The molecule has 188 valence electrons. The summed E-state index contributed by atoms with van der Waals surface area (Å²) < 4.78 is 23.5. The maximum Gasteiger partial charge on any atom is 0.185 e. The monoisotopic (exact) mass is 463 g/mol. The molecule has 0 amide bonds. The Kier molecular flexibility index (Phi) is 8.86. The van der Waals surface area contributed by atoms with Crippen LogP contribution in [-0.2, 0) is 18.9 Å². The molecule has 0 aromatic heterocycles. The van der Waals surface area contributed by atoms with Gasteiger partial charge in [-0.3, -0.25) is 0 Å². The lowest BCUT2D eigenvalue weighted by atomic mass is 9.84. The van der Waals surface area contributed by atoms with Gasteiger partial charge >= 0.3 is 0 Å². The minimum atomic E-state index is -1.28. The van der Waals surface area contributed by atoms with E-state index in [2.05, 4.69) is 10.6 Å². The number of hydrogen-bond donors (Lipinski definition) is 8. The van der Waals surface area contributed by atoms with E-state index in [4.69, 9.17) is 36.1 Å². The Bertz CT molecular complexity index is 603. The van der Waals surface area contributed by atoms with Crippen molar-refractivity contribution >= 4 is 0 Å². The smallest absolute Gasteiger partial charge is 0.185 e. The summed E-state index contributed by atoms with van der Waals surface area (Å²) in [4.78, 5) is 0. The molecule has 0 unspecified atom stereocenters. The van der Waals surface area contributed by atoms with Gasteiger partial charge in [0.05, 0.1) is 24.8 Å². The van der Waals surface area contributed by atoms with Crippen LogP contribution in [0.2, 0.25) is 0 Å². The molecule has 32 heavy (non-hydrogen) atoms. The van der Waals surface area contributed by atoms with Crippen LogP contribution in [0.4, 0.5) is 0 Å². The third-order valence-electron chi connectivity index (χ3n) is 6.72. The number of aliphatic hydroxyl groups is 3. The lowest BCUT2D eigenvalue weighted by Gasteiger charge is -2.48. The van der Waals surface area contributed by atoms with E-state index < -0.39 is 60.7 Å². The van der Waals surface area contributed by atoms with Gasteiger partial charge in [0.15, 0.2) is 12.6 Å². The van der Waals surface area contributed by atoms with Crippen molar-refractivity contribution in [3.63, 3.8) is 0 Å². The normalized spacial score (nSPS) is 50.3. The molecule has 0 aromatic carbocycles. The molecule has 12 nitrogen and oxygen atoms in total. The average Bonchev–Trinajstić information content (AvgIpc) is 2.72. The van der Waals surface area contributed by atoms with Crippen molar-refractivity contribution in [2.75, 3.05) is 27.2 Å². The van der Waals surface area contributed by atoms with E-state index >= 15 is 0 Å². The Balaban J connectivity index is 1.67. The zero-order valence-corrected chi connectivity index (χ0v) is 19.1. The lowest BCUT2D eigenvalue weighted by Crippen LogP contribution is -2.68. The first-order chi connectivity index (χ1) is 15.1. The molecule has 3 aliphatic rings. The van der Waals surface area contributed by atoms with Crippen molar-refractivity contribution < 1.29 is 34.3 Å². The van der Waals surface area contributed by atoms with Crippen LogP contribution < -0.4 is 27.8 Å². The third kappa shape index (κ3) is 5.59. The molecule has 1 saturated carbocycles. The van der Waals surface area contributed by atoms with Crippen LogP contribution in [0.3, 0.4) is 0 Å². The number of rotatable bonds is 7. The van der Waals surface area contributed by atoms with Crippen molar-refractivity contribution in [1.82, 2.24) is 10.6 Å². The van der Waals surface area contributed by atoms with Gasteiger partial charge in [-0.25, -0.2) is 0 Å². The predicted octanol–water partition coefficient (Wildman–Crippen LogP) is -3.72. The molecule has 2 saturated heterocycles. The first-order valence-corrected chi connectivity index (χ1v) is 11.3. The fourth-order valence-electron chi connectivity index (χ4n) is 4.90. The highest BCUT2D eigenvalue weighted by Crippen LogP contribution is 2.31.